The van der Waals surface area contributed by atoms with Gasteiger partial charge in [0.2, 0.25) is 0 Å². The number of hydrogen-bond acceptors (Lipinski definition) is 6. The van der Waals surface area contributed by atoms with Crippen LogP contribution >= 0.6 is 0 Å². The molecule has 146 valence electrons. The van der Waals surface area contributed by atoms with E-state index in [9.17, 15) is 19.2 Å². The van der Waals surface area contributed by atoms with Crippen molar-refractivity contribution in [3.63, 3.8) is 0 Å². The SMILES string of the molecule is COC(=O)c1ccc(C(=O)OC)c(NC(=O)C(=O)NCCc2ccccc2)c1. The lowest BCUT2D eigenvalue weighted by atomic mass is 10.1. The highest BCUT2D eigenvalue weighted by molar-refractivity contribution is 6.40. The molecule has 0 aliphatic rings. The highest BCUT2D eigenvalue weighted by Gasteiger charge is 2.20. The molecular formula is C20H20N2O6. The minimum absolute atomic E-state index is 0.000545. The van der Waals surface area contributed by atoms with Gasteiger partial charge in [0.1, 0.15) is 0 Å². The Labute approximate surface area is 161 Å². The fourth-order valence-corrected chi connectivity index (χ4v) is 2.40. The van der Waals surface area contributed by atoms with Gasteiger partial charge in [0.15, 0.2) is 0 Å². The summed E-state index contributed by atoms with van der Waals surface area (Å²) in [7, 11) is 2.38. The maximum Gasteiger partial charge on any atom is 0.339 e. The molecule has 2 rings (SSSR count). The number of amides is 2. The highest BCUT2D eigenvalue weighted by atomic mass is 16.5. The van der Waals surface area contributed by atoms with E-state index in [1.54, 1.807) is 0 Å². The second-order valence-electron chi connectivity index (χ2n) is 5.69. The smallest absolute Gasteiger partial charge is 0.339 e. The summed E-state index contributed by atoms with van der Waals surface area (Å²) in [6, 6.07) is 13.4. The van der Waals surface area contributed by atoms with E-state index in [0.29, 0.717) is 6.42 Å². The van der Waals surface area contributed by atoms with Gasteiger partial charge in [0.25, 0.3) is 0 Å². The summed E-state index contributed by atoms with van der Waals surface area (Å²) in [6.45, 7) is 0.266. The normalized spacial score (nSPS) is 9.93. The van der Waals surface area contributed by atoms with E-state index in [-0.39, 0.29) is 23.4 Å². The topological polar surface area (TPSA) is 111 Å². The minimum Gasteiger partial charge on any atom is -0.465 e. The van der Waals surface area contributed by atoms with Crippen LogP contribution < -0.4 is 10.6 Å². The molecule has 0 atom stereocenters. The average Bonchev–Trinajstić information content (AvgIpc) is 2.73. The number of nitrogens with one attached hydrogen (secondary N) is 2. The summed E-state index contributed by atoms with van der Waals surface area (Å²) >= 11 is 0. The zero-order chi connectivity index (χ0) is 20.5. The quantitative estimate of drug-likeness (QED) is 0.578. The summed E-state index contributed by atoms with van der Waals surface area (Å²) < 4.78 is 9.27. The van der Waals surface area contributed by atoms with Gasteiger partial charge in [0, 0.05) is 6.54 Å². The molecule has 2 aromatic rings. The lowest BCUT2D eigenvalue weighted by Gasteiger charge is -2.11. The lowest BCUT2D eigenvalue weighted by Crippen LogP contribution is -2.36. The summed E-state index contributed by atoms with van der Waals surface area (Å²) in [5.41, 5.74) is 1.09. The Morgan fingerprint density at radius 1 is 0.857 bits per heavy atom. The van der Waals surface area contributed by atoms with Gasteiger partial charge in [-0.3, -0.25) is 9.59 Å². The molecule has 0 saturated carbocycles. The van der Waals surface area contributed by atoms with E-state index in [0.717, 1.165) is 5.56 Å². The van der Waals surface area contributed by atoms with Crippen molar-refractivity contribution in [2.24, 2.45) is 0 Å². The van der Waals surface area contributed by atoms with Gasteiger partial charge in [-0.15, -0.1) is 0 Å². The second-order valence-corrected chi connectivity index (χ2v) is 5.69. The van der Waals surface area contributed by atoms with Crippen LogP contribution in [-0.4, -0.2) is 44.5 Å². The van der Waals surface area contributed by atoms with Gasteiger partial charge in [-0.1, -0.05) is 30.3 Å². The van der Waals surface area contributed by atoms with E-state index in [2.05, 4.69) is 20.1 Å². The zero-order valence-corrected chi connectivity index (χ0v) is 15.5. The van der Waals surface area contributed by atoms with Crippen molar-refractivity contribution in [1.29, 1.82) is 0 Å². The molecule has 0 heterocycles. The van der Waals surface area contributed by atoms with Crippen LogP contribution in [0.25, 0.3) is 0 Å². The Balaban J connectivity index is 2.06. The van der Waals surface area contributed by atoms with Gasteiger partial charge in [0.05, 0.1) is 31.0 Å². The first kappa shape index (κ1) is 20.6. The van der Waals surface area contributed by atoms with Gasteiger partial charge < -0.3 is 20.1 Å². The van der Waals surface area contributed by atoms with Gasteiger partial charge in [-0.2, -0.15) is 0 Å². The number of carbonyl (C=O) groups excluding carboxylic acids is 4. The predicted molar refractivity (Wildman–Crippen MR) is 101 cm³/mol. The Hall–Kier alpha value is -3.68. The maximum absolute atomic E-state index is 12.2. The third-order valence-electron chi connectivity index (χ3n) is 3.84. The Morgan fingerprint density at radius 2 is 1.54 bits per heavy atom. The van der Waals surface area contributed by atoms with Crippen LogP contribution in [-0.2, 0) is 25.5 Å². The summed E-state index contributed by atoms with van der Waals surface area (Å²) in [5.74, 6) is -3.22. The number of anilines is 1. The van der Waals surface area contributed by atoms with Crippen LogP contribution in [0.2, 0.25) is 0 Å². The first-order valence-electron chi connectivity index (χ1n) is 8.40. The van der Waals surface area contributed by atoms with Crippen molar-refractivity contribution >= 4 is 29.4 Å². The van der Waals surface area contributed by atoms with Crippen molar-refractivity contribution < 1.29 is 28.7 Å². The Kier molecular flexibility index (Phi) is 7.27. The predicted octanol–water partition coefficient (Wildman–Crippen LogP) is 1.56. The van der Waals surface area contributed by atoms with Crippen molar-refractivity contribution in [1.82, 2.24) is 5.32 Å². The highest BCUT2D eigenvalue weighted by Crippen LogP contribution is 2.19. The van der Waals surface area contributed by atoms with Crippen LogP contribution in [0.1, 0.15) is 26.3 Å². The molecule has 0 bridgehead atoms. The molecule has 0 radical (unpaired) electrons. The summed E-state index contributed by atoms with van der Waals surface area (Å²) in [5, 5.41) is 4.84. The van der Waals surface area contributed by atoms with E-state index in [4.69, 9.17) is 0 Å². The molecule has 2 aromatic carbocycles. The molecule has 0 spiro atoms. The Morgan fingerprint density at radius 3 is 2.18 bits per heavy atom. The van der Waals surface area contributed by atoms with E-state index in [1.807, 2.05) is 30.3 Å². The molecule has 2 amide bonds. The molecule has 0 fully saturated rings. The van der Waals surface area contributed by atoms with Crippen LogP contribution in [0.5, 0.6) is 0 Å². The van der Waals surface area contributed by atoms with Gasteiger partial charge >= 0.3 is 23.8 Å². The number of ether oxygens (including phenoxy) is 2. The number of methoxy groups -OCH3 is 2. The average molecular weight is 384 g/mol. The molecule has 2 N–H and O–H groups in total. The van der Waals surface area contributed by atoms with Crippen molar-refractivity contribution in [3.05, 3.63) is 65.2 Å². The largest absolute Gasteiger partial charge is 0.465 e. The molecule has 0 aliphatic carbocycles. The molecule has 0 unspecified atom stereocenters. The number of carbonyl (C=O) groups is 4. The molecule has 0 saturated heterocycles. The number of benzene rings is 2. The molecule has 0 aromatic heterocycles. The Bertz CT molecular complexity index is 880. The number of esters is 2. The molecule has 0 aliphatic heterocycles. The molecule has 28 heavy (non-hydrogen) atoms. The molecule has 8 nitrogen and oxygen atoms in total. The van der Waals surface area contributed by atoms with E-state index in [1.165, 1.54) is 32.4 Å². The third-order valence-corrected chi connectivity index (χ3v) is 3.84. The minimum atomic E-state index is -0.972. The van der Waals surface area contributed by atoms with Crippen LogP contribution in [0, 0.1) is 0 Å². The molecular weight excluding hydrogens is 364 g/mol. The lowest BCUT2D eigenvalue weighted by molar-refractivity contribution is -0.136. The van der Waals surface area contributed by atoms with Gasteiger partial charge in [-0.05, 0) is 30.2 Å². The fourth-order valence-electron chi connectivity index (χ4n) is 2.40. The number of hydrogen-bond donors (Lipinski definition) is 2. The van der Waals surface area contributed by atoms with Crippen LogP contribution in [0.3, 0.4) is 0 Å². The van der Waals surface area contributed by atoms with E-state index < -0.39 is 23.8 Å². The second kappa shape index (κ2) is 9.86. The van der Waals surface area contributed by atoms with Crippen LogP contribution in [0.15, 0.2) is 48.5 Å². The van der Waals surface area contributed by atoms with Crippen molar-refractivity contribution in [3.8, 4) is 0 Å². The number of rotatable bonds is 6. The third kappa shape index (κ3) is 5.41. The van der Waals surface area contributed by atoms with E-state index >= 15 is 0 Å². The first-order valence-corrected chi connectivity index (χ1v) is 8.40. The van der Waals surface area contributed by atoms with Crippen molar-refractivity contribution in [2.45, 2.75) is 6.42 Å². The van der Waals surface area contributed by atoms with Crippen LogP contribution in [0.4, 0.5) is 5.69 Å². The van der Waals surface area contributed by atoms with Crippen molar-refractivity contribution in [2.75, 3.05) is 26.1 Å². The summed E-state index contributed by atoms with van der Waals surface area (Å²) in [4.78, 5) is 47.8. The van der Waals surface area contributed by atoms with Gasteiger partial charge in [-0.25, -0.2) is 9.59 Å². The monoisotopic (exact) mass is 384 g/mol. The first-order chi connectivity index (χ1) is 13.5. The molecule has 8 heteroatoms. The summed E-state index contributed by atoms with van der Waals surface area (Å²) in [6.07, 6.45) is 0.561. The zero-order valence-electron chi connectivity index (χ0n) is 15.5. The standard InChI is InChI=1S/C20H20N2O6/c1-27-19(25)14-8-9-15(20(26)28-2)16(12-14)22-18(24)17(23)21-11-10-13-6-4-3-5-7-13/h3-9,12H,10-11H2,1-2H3,(H,21,23)(H,22,24). The maximum atomic E-state index is 12.2. The fraction of sp³-hybridized carbons (Fsp3) is 0.200.